The van der Waals surface area contributed by atoms with Gasteiger partial charge in [0.05, 0.1) is 24.3 Å². The Balaban J connectivity index is 1.97. The second-order valence-corrected chi connectivity index (χ2v) is 7.03. The molecule has 0 unspecified atom stereocenters. The molecule has 1 aliphatic carbocycles. The number of carbonyl (C=O) groups excluding carboxylic acids is 1. The second-order valence-electron chi connectivity index (χ2n) is 6.25. The van der Waals surface area contributed by atoms with Crippen molar-refractivity contribution in [3.8, 4) is 11.5 Å². The molecule has 0 amide bonds. The molecule has 27 heavy (non-hydrogen) atoms. The number of ether oxygens (including phenoxy) is 2. The number of Topliss-reactive ketones (excluding diaryl/α,β-unsaturated/α-hetero) is 1. The van der Waals surface area contributed by atoms with E-state index in [9.17, 15) is 4.79 Å². The number of allylic oxidation sites excluding steroid dienone is 2. The van der Waals surface area contributed by atoms with Crippen molar-refractivity contribution in [1.82, 2.24) is 0 Å². The highest BCUT2D eigenvalue weighted by Crippen LogP contribution is 2.35. The van der Waals surface area contributed by atoms with Crippen molar-refractivity contribution in [2.75, 3.05) is 14.2 Å². The summed E-state index contributed by atoms with van der Waals surface area (Å²) in [5.74, 6) is 1.29. The number of para-hydroxylation sites is 1. The molecule has 1 saturated carbocycles. The molecule has 3 rings (SSSR count). The van der Waals surface area contributed by atoms with Gasteiger partial charge in [-0.3, -0.25) is 4.79 Å². The molecule has 0 bridgehead atoms. The molecule has 0 N–H and O–H groups in total. The van der Waals surface area contributed by atoms with Gasteiger partial charge in [0.25, 0.3) is 0 Å². The highest BCUT2D eigenvalue weighted by Gasteiger charge is 2.22. The van der Waals surface area contributed by atoms with E-state index >= 15 is 0 Å². The standard InChI is InChI=1S/C22H20Cl2O3/c1-26-19-11-5-9-17(22(19)27-2)13-16-8-3-7-15(21(16)25)12-14-6-4-10-18(23)20(14)24/h4-6,9-13H,3,7-8H2,1-2H3/b15-12+,16-13+. The van der Waals surface area contributed by atoms with Crippen LogP contribution in [-0.4, -0.2) is 20.0 Å². The molecular formula is C22H20Cl2O3. The fourth-order valence-corrected chi connectivity index (χ4v) is 3.57. The number of hydrogen-bond donors (Lipinski definition) is 0. The van der Waals surface area contributed by atoms with E-state index in [2.05, 4.69) is 0 Å². The Hall–Kier alpha value is -2.23. The maximum atomic E-state index is 13.0. The van der Waals surface area contributed by atoms with E-state index in [0.29, 0.717) is 28.0 Å². The van der Waals surface area contributed by atoms with Gasteiger partial charge in [-0.25, -0.2) is 0 Å². The third kappa shape index (κ3) is 4.20. The lowest BCUT2D eigenvalue weighted by atomic mass is 9.86. The van der Waals surface area contributed by atoms with Crippen LogP contribution in [0.4, 0.5) is 0 Å². The summed E-state index contributed by atoms with van der Waals surface area (Å²) in [6.07, 6.45) is 6.06. The van der Waals surface area contributed by atoms with Crippen LogP contribution in [0.5, 0.6) is 11.5 Å². The molecule has 0 heterocycles. The maximum Gasteiger partial charge on any atom is 0.185 e. The molecule has 0 atom stereocenters. The SMILES string of the molecule is COc1cccc(/C=C2\CCC/C(=C\c3cccc(Cl)c3Cl)C2=O)c1OC. The summed E-state index contributed by atoms with van der Waals surface area (Å²) >= 11 is 12.3. The Morgan fingerprint density at radius 2 is 1.52 bits per heavy atom. The second kappa shape index (κ2) is 8.64. The zero-order valence-electron chi connectivity index (χ0n) is 15.2. The molecule has 0 radical (unpaired) electrons. The van der Waals surface area contributed by atoms with Crippen LogP contribution in [-0.2, 0) is 4.79 Å². The van der Waals surface area contributed by atoms with Crippen molar-refractivity contribution in [3.63, 3.8) is 0 Å². The summed E-state index contributed by atoms with van der Waals surface area (Å²) in [4.78, 5) is 13.0. The van der Waals surface area contributed by atoms with Crippen LogP contribution in [0.15, 0.2) is 47.5 Å². The normalized spacial score (nSPS) is 17.4. The third-order valence-electron chi connectivity index (χ3n) is 4.55. The Morgan fingerprint density at radius 3 is 2.19 bits per heavy atom. The molecule has 1 aliphatic rings. The number of halogens is 2. The highest BCUT2D eigenvalue weighted by atomic mass is 35.5. The summed E-state index contributed by atoms with van der Waals surface area (Å²) in [6.45, 7) is 0. The van der Waals surface area contributed by atoms with Crippen molar-refractivity contribution >= 4 is 41.1 Å². The highest BCUT2D eigenvalue weighted by molar-refractivity contribution is 6.43. The minimum absolute atomic E-state index is 0.0298. The first-order valence-corrected chi connectivity index (χ1v) is 9.41. The Kier molecular flexibility index (Phi) is 6.25. The van der Waals surface area contributed by atoms with E-state index < -0.39 is 0 Å². The average molecular weight is 403 g/mol. The van der Waals surface area contributed by atoms with Crippen LogP contribution in [0, 0.1) is 0 Å². The van der Waals surface area contributed by atoms with Gasteiger partial charge in [-0.05, 0) is 49.1 Å². The molecule has 140 valence electrons. The Labute approximate surface area is 169 Å². The van der Waals surface area contributed by atoms with E-state index in [4.69, 9.17) is 32.7 Å². The van der Waals surface area contributed by atoms with Gasteiger partial charge in [-0.1, -0.05) is 47.5 Å². The summed E-state index contributed by atoms with van der Waals surface area (Å²) in [6, 6.07) is 11.0. The molecule has 5 heteroatoms. The lowest BCUT2D eigenvalue weighted by Crippen LogP contribution is -2.12. The number of ketones is 1. The van der Waals surface area contributed by atoms with Crippen LogP contribution in [0.2, 0.25) is 10.0 Å². The number of hydrogen-bond acceptors (Lipinski definition) is 3. The smallest absolute Gasteiger partial charge is 0.185 e. The van der Waals surface area contributed by atoms with Crippen molar-refractivity contribution in [2.45, 2.75) is 19.3 Å². The van der Waals surface area contributed by atoms with Gasteiger partial charge in [0.1, 0.15) is 0 Å². The van der Waals surface area contributed by atoms with Crippen molar-refractivity contribution in [2.24, 2.45) is 0 Å². The first-order valence-electron chi connectivity index (χ1n) is 8.66. The van der Waals surface area contributed by atoms with Crippen LogP contribution in [0.3, 0.4) is 0 Å². The number of benzene rings is 2. The van der Waals surface area contributed by atoms with Crippen molar-refractivity contribution < 1.29 is 14.3 Å². The fourth-order valence-electron chi connectivity index (χ4n) is 3.21. The molecule has 0 saturated heterocycles. The van der Waals surface area contributed by atoms with E-state index in [0.717, 1.165) is 35.1 Å². The van der Waals surface area contributed by atoms with Gasteiger partial charge in [-0.15, -0.1) is 0 Å². The predicted octanol–water partition coefficient (Wildman–Crippen LogP) is 6.23. The van der Waals surface area contributed by atoms with Crippen LogP contribution in [0.25, 0.3) is 12.2 Å². The minimum Gasteiger partial charge on any atom is -0.493 e. The molecule has 0 aliphatic heterocycles. The first kappa shape index (κ1) is 19.5. The summed E-state index contributed by atoms with van der Waals surface area (Å²) < 4.78 is 10.8. The Bertz CT molecular complexity index is 929. The minimum atomic E-state index is 0.0298. The predicted molar refractivity (Wildman–Crippen MR) is 111 cm³/mol. The summed E-state index contributed by atoms with van der Waals surface area (Å²) in [5, 5.41) is 0.941. The van der Waals surface area contributed by atoms with Crippen LogP contribution >= 0.6 is 23.2 Å². The van der Waals surface area contributed by atoms with E-state index in [1.807, 2.05) is 42.5 Å². The zero-order chi connectivity index (χ0) is 19.4. The van der Waals surface area contributed by atoms with E-state index in [1.54, 1.807) is 20.3 Å². The summed E-state index contributed by atoms with van der Waals surface area (Å²) in [7, 11) is 3.19. The third-order valence-corrected chi connectivity index (χ3v) is 5.38. The molecule has 3 nitrogen and oxygen atoms in total. The summed E-state index contributed by atoms with van der Waals surface area (Å²) in [5.41, 5.74) is 3.06. The number of methoxy groups -OCH3 is 2. The zero-order valence-corrected chi connectivity index (χ0v) is 16.7. The topological polar surface area (TPSA) is 35.5 Å². The molecular weight excluding hydrogens is 383 g/mol. The van der Waals surface area contributed by atoms with Crippen molar-refractivity contribution in [1.29, 1.82) is 0 Å². The van der Waals surface area contributed by atoms with Gasteiger partial charge >= 0.3 is 0 Å². The average Bonchev–Trinajstić information content (AvgIpc) is 2.68. The lowest BCUT2D eigenvalue weighted by Gasteiger charge is -2.18. The lowest BCUT2D eigenvalue weighted by molar-refractivity contribution is -0.112. The first-order chi connectivity index (χ1) is 13.0. The number of carbonyl (C=O) groups is 1. The molecule has 0 spiro atoms. The van der Waals surface area contributed by atoms with Gasteiger partial charge in [0, 0.05) is 16.7 Å². The van der Waals surface area contributed by atoms with Crippen LogP contribution < -0.4 is 9.47 Å². The van der Waals surface area contributed by atoms with E-state index in [1.165, 1.54) is 0 Å². The van der Waals surface area contributed by atoms with Gasteiger partial charge in [0.2, 0.25) is 0 Å². The van der Waals surface area contributed by atoms with Gasteiger partial charge < -0.3 is 9.47 Å². The molecule has 2 aromatic rings. The van der Waals surface area contributed by atoms with Gasteiger partial charge in [-0.2, -0.15) is 0 Å². The van der Waals surface area contributed by atoms with E-state index in [-0.39, 0.29) is 5.78 Å². The monoisotopic (exact) mass is 402 g/mol. The Morgan fingerprint density at radius 1 is 0.889 bits per heavy atom. The molecule has 0 aromatic heterocycles. The maximum absolute atomic E-state index is 13.0. The fraction of sp³-hybridized carbons (Fsp3) is 0.227. The van der Waals surface area contributed by atoms with Crippen molar-refractivity contribution in [3.05, 3.63) is 68.7 Å². The largest absolute Gasteiger partial charge is 0.493 e. The molecule has 2 aromatic carbocycles. The molecule has 1 fully saturated rings. The quantitative estimate of drug-likeness (QED) is 0.568. The number of rotatable bonds is 4. The van der Waals surface area contributed by atoms with Gasteiger partial charge in [0.15, 0.2) is 17.3 Å². The van der Waals surface area contributed by atoms with Crippen LogP contribution in [0.1, 0.15) is 30.4 Å².